The molecule has 0 bridgehead atoms. The fourth-order valence-electron chi connectivity index (χ4n) is 1.94. The average Bonchev–Trinajstić information content (AvgIpc) is 2.29. The van der Waals surface area contributed by atoms with Gasteiger partial charge in [-0.1, -0.05) is 6.07 Å². The molecular formula is C12H15NO4. The zero-order valence-electron chi connectivity index (χ0n) is 9.60. The third kappa shape index (κ3) is 2.19. The molecule has 2 rings (SSSR count). The number of hydrogen-bond acceptors (Lipinski definition) is 4. The zero-order chi connectivity index (χ0) is 12.4. The van der Waals surface area contributed by atoms with Gasteiger partial charge in [-0.3, -0.25) is 4.79 Å². The van der Waals surface area contributed by atoms with Crippen LogP contribution in [-0.2, 0) is 4.79 Å². The molecule has 17 heavy (non-hydrogen) atoms. The topological polar surface area (TPSA) is 81.8 Å². The van der Waals surface area contributed by atoms with E-state index in [-0.39, 0.29) is 6.54 Å². The second-order valence-electron chi connectivity index (χ2n) is 3.99. The summed E-state index contributed by atoms with van der Waals surface area (Å²) in [5.74, 6) is -0.333. The second kappa shape index (κ2) is 4.63. The van der Waals surface area contributed by atoms with Crippen molar-refractivity contribution in [2.75, 3.05) is 19.8 Å². The Labute approximate surface area is 99.1 Å². The monoisotopic (exact) mass is 237 g/mol. The molecule has 0 fully saturated rings. The van der Waals surface area contributed by atoms with Crippen molar-refractivity contribution in [3.63, 3.8) is 0 Å². The van der Waals surface area contributed by atoms with Crippen LogP contribution in [0.1, 0.15) is 17.0 Å². The van der Waals surface area contributed by atoms with E-state index in [4.69, 9.17) is 20.3 Å². The number of carboxylic acid groups (broad SMARTS) is 1. The Balaban J connectivity index is 2.42. The minimum Gasteiger partial charge on any atom is -0.486 e. The summed E-state index contributed by atoms with van der Waals surface area (Å²) in [6, 6.07) is 3.49. The van der Waals surface area contributed by atoms with Gasteiger partial charge in [0, 0.05) is 6.54 Å². The highest BCUT2D eigenvalue weighted by molar-refractivity contribution is 5.77. The Morgan fingerprint density at radius 2 is 2.18 bits per heavy atom. The number of carbonyl (C=O) groups is 1. The molecule has 0 radical (unpaired) electrons. The van der Waals surface area contributed by atoms with Gasteiger partial charge in [0.15, 0.2) is 11.5 Å². The summed E-state index contributed by atoms with van der Waals surface area (Å²) in [6.07, 6.45) is 0. The Hall–Kier alpha value is -1.75. The van der Waals surface area contributed by atoms with Gasteiger partial charge in [-0.05, 0) is 24.1 Å². The summed E-state index contributed by atoms with van der Waals surface area (Å²) >= 11 is 0. The van der Waals surface area contributed by atoms with Crippen molar-refractivity contribution < 1.29 is 19.4 Å². The molecule has 5 heteroatoms. The standard InChI is InChI=1S/C12H15NO4/c1-7-4-8(9(6-13)12(14)15)5-10-11(7)17-3-2-16-10/h4-5,9H,2-3,6,13H2,1H3,(H,14,15). The third-order valence-corrected chi connectivity index (χ3v) is 2.79. The predicted molar refractivity (Wildman–Crippen MR) is 61.6 cm³/mol. The van der Waals surface area contributed by atoms with E-state index >= 15 is 0 Å². The van der Waals surface area contributed by atoms with Crippen LogP contribution in [-0.4, -0.2) is 30.8 Å². The molecule has 1 aromatic carbocycles. The Bertz CT molecular complexity index is 444. The summed E-state index contributed by atoms with van der Waals surface area (Å²) in [4.78, 5) is 11.1. The Morgan fingerprint density at radius 3 is 2.82 bits per heavy atom. The van der Waals surface area contributed by atoms with Crippen LogP contribution in [0.15, 0.2) is 12.1 Å². The summed E-state index contributed by atoms with van der Waals surface area (Å²) in [5, 5.41) is 9.07. The number of ether oxygens (including phenoxy) is 2. The molecule has 1 aromatic rings. The van der Waals surface area contributed by atoms with Crippen molar-refractivity contribution in [2.24, 2.45) is 5.73 Å². The lowest BCUT2D eigenvalue weighted by Gasteiger charge is -2.22. The molecule has 92 valence electrons. The largest absolute Gasteiger partial charge is 0.486 e. The highest BCUT2D eigenvalue weighted by atomic mass is 16.6. The van der Waals surface area contributed by atoms with E-state index in [2.05, 4.69) is 0 Å². The van der Waals surface area contributed by atoms with E-state index in [1.165, 1.54) is 0 Å². The molecule has 1 aliphatic heterocycles. The number of aliphatic carboxylic acids is 1. The smallest absolute Gasteiger partial charge is 0.312 e. The lowest BCUT2D eigenvalue weighted by molar-refractivity contribution is -0.138. The van der Waals surface area contributed by atoms with Gasteiger partial charge in [-0.2, -0.15) is 0 Å². The molecule has 1 unspecified atom stereocenters. The van der Waals surface area contributed by atoms with Crippen LogP contribution < -0.4 is 15.2 Å². The number of benzene rings is 1. The number of fused-ring (bicyclic) bond motifs is 1. The van der Waals surface area contributed by atoms with Crippen LogP contribution in [0.4, 0.5) is 0 Å². The van der Waals surface area contributed by atoms with Crippen molar-refractivity contribution in [3.8, 4) is 11.5 Å². The van der Waals surface area contributed by atoms with Gasteiger partial charge in [-0.25, -0.2) is 0 Å². The SMILES string of the molecule is Cc1cc(C(CN)C(=O)O)cc2c1OCCO2. The normalized spacial score (nSPS) is 15.4. The fourth-order valence-corrected chi connectivity index (χ4v) is 1.94. The van der Waals surface area contributed by atoms with Crippen LogP contribution >= 0.6 is 0 Å². The maximum Gasteiger partial charge on any atom is 0.312 e. The predicted octanol–water partition coefficient (Wildman–Crippen LogP) is 0.893. The fraction of sp³-hybridized carbons (Fsp3) is 0.417. The van der Waals surface area contributed by atoms with Gasteiger partial charge in [0.25, 0.3) is 0 Å². The van der Waals surface area contributed by atoms with E-state index < -0.39 is 11.9 Å². The maximum atomic E-state index is 11.1. The molecule has 0 aromatic heterocycles. The number of aryl methyl sites for hydroxylation is 1. The highest BCUT2D eigenvalue weighted by Gasteiger charge is 2.22. The van der Waals surface area contributed by atoms with Crippen molar-refractivity contribution in [1.82, 2.24) is 0 Å². The minimum atomic E-state index is -0.927. The van der Waals surface area contributed by atoms with Gasteiger partial charge in [0.05, 0.1) is 5.92 Å². The van der Waals surface area contributed by atoms with Crippen LogP contribution in [0.3, 0.4) is 0 Å². The summed E-state index contributed by atoms with van der Waals surface area (Å²) < 4.78 is 10.9. The highest BCUT2D eigenvalue weighted by Crippen LogP contribution is 2.36. The Morgan fingerprint density at radius 1 is 1.47 bits per heavy atom. The van der Waals surface area contributed by atoms with Crippen molar-refractivity contribution in [1.29, 1.82) is 0 Å². The van der Waals surface area contributed by atoms with E-state index in [9.17, 15) is 4.79 Å². The van der Waals surface area contributed by atoms with Crippen LogP contribution in [0.25, 0.3) is 0 Å². The van der Waals surface area contributed by atoms with Crippen molar-refractivity contribution in [2.45, 2.75) is 12.8 Å². The van der Waals surface area contributed by atoms with E-state index in [1.54, 1.807) is 12.1 Å². The lowest BCUT2D eigenvalue weighted by Crippen LogP contribution is -2.22. The van der Waals surface area contributed by atoms with E-state index in [0.29, 0.717) is 30.3 Å². The molecule has 5 nitrogen and oxygen atoms in total. The first-order valence-corrected chi connectivity index (χ1v) is 5.46. The van der Waals surface area contributed by atoms with E-state index in [1.807, 2.05) is 6.92 Å². The van der Waals surface area contributed by atoms with Gasteiger partial charge in [-0.15, -0.1) is 0 Å². The molecule has 0 spiro atoms. The number of nitrogens with two attached hydrogens (primary N) is 1. The summed E-state index contributed by atoms with van der Waals surface area (Å²) in [6.45, 7) is 2.93. The molecule has 0 amide bonds. The van der Waals surface area contributed by atoms with Gasteiger partial charge in [0.1, 0.15) is 13.2 Å². The van der Waals surface area contributed by atoms with Crippen molar-refractivity contribution in [3.05, 3.63) is 23.3 Å². The molecule has 1 atom stereocenters. The van der Waals surface area contributed by atoms with Crippen LogP contribution in [0, 0.1) is 6.92 Å². The maximum absolute atomic E-state index is 11.1. The quantitative estimate of drug-likeness (QED) is 0.816. The minimum absolute atomic E-state index is 0.0639. The molecular weight excluding hydrogens is 222 g/mol. The molecule has 3 N–H and O–H groups in total. The van der Waals surface area contributed by atoms with E-state index in [0.717, 1.165) is 5.56 Å². The zero-order valence-corrected chi connectivity index (χ0v) is 9.60. The van der Waals surface area contributed by atoms with Gasteiger partial charge in [0.2, 0.25) is 0 Å². The molecule has 0 saturated carbocycles. The summed E-state index contributed by atoms with van der Waals surface area (Å²) in [7, 11) is 0. The molecule has 0 saturated heterocycles. The molecule has 0 aliphatic carbocycles. The Kier molecular flexibility index (Phi) is 3.19. The first kappa shape index (κ1) is 11.7. The first-order valence-electron chi connectivity index (χ1n) is 5.46. The number of hydrogen-bond donors (Lipinski definition) is 2. The first-order chi connectivity index (χ1) is 8.13. The van der Waals surface area contributed by atoms with Crippen LogP contribution in [0.5, 0.6) is 11.5 Å². The number of rotatable bonds is 3. The average molecular weight is 237 g/mol. The van der Waals surface area contributed by atoms with Crippen LogP contribution in [0.2, 0.25) is 0 Å². The molecule has 1 aliphatic rings. The van der Waals surface area contributed by atoms with Crippen molar-refractivity contribution >= 4 is 5.97 Å². The second-order valence-corrected chi connectivity index (χ2v) is 3.99. The molecule has 1 heterocycles. The third-order valence-electron chi connectivity index (χ3n) is 2.79. The van der Waals surface area contributed by atoms with Gasteiger partial charge >= 0.3 is 5.97 Å². The summed E-state index contributed by atoms with van der Waals surface area (Å²) in [5.41, 5.74) is 7.01. The number of carboxylic acids is 1. The van der Waals surface area contributed by atoms with Gasteiger partial charge < -0.3 is 20.3 Å². The lowest BCUT2D eigenvalue weighted by atomic mass is 9.96.